The van der Waals surface area contributed by atoms with E-state index in [9.17, 15) is 4.79 Å². The number of carbonyl (C=O) groups is 1. The van der Waals surface area contributed by atoms with Crippen LogP contribution in [0.3, 0.4) is 0 Å². The lowest BCUT2D eigenvalue weighted by molar-refractivity contribution is 0.226. The Morgan fingerprint density at radius 3 is 2.25 bits per heavy atom. The molecule has 3 nitrogen and oxygen atoms in total. The molecule has 0 atom stereocenters. The smallest absolute Gasteiger partial charge is 0.315 e. The lowest BCUT2D eigenvalue weighted by atomic mass is 10.0. The summed E-state index contributed by atoms with van der Waals surface area (Å²) < 4.78 is 0. The second kappa shape index (κ2) is 4.33. The van der Waals surface area contributed by atoms with Gasteiger partial charge in [0.05, 0.1) is 0 Å². The first kappa shape index (κ1) is 11.3. The lowest BCUT2D eigenvalue weighted by Crippen LogP contribution is -2.49. The van der Waals surface area contributed by atoms with Gasteiger partial charge in [0.25, 0.3) is 0 Å². The van der Waals surface area contributed by atoms with Gasteiger partial charge in [-0.15, -0.1) is 0 Å². The topological polar surface area (TPSA) is 41.1 Å². The molecule has 0 heterocycles. The highest BCUT2D eigenvalue weighted by atomic mass is 16.2. The van der Waals surface area contributed by atoms with E-state index < -0.39 is 0 Å². The molecule has 0 radical (unpaired) electrons. The third kappa shape index (κ3) is 4.99. The lowest BCUT2D eigenvalue weighted by Gasteiger charge is -2.25. The average Bonchev–Trinajstić information content (AvgIpc) is 1.84. The molecule has 0 aliphatic rings. The molecule has 0 aromatic carbocycles. The highest BCUT2D eigenvalue weighted by Crippen LogP contribution is 2.05. The zero-order valence-electron chi connectivity index (χ0n) is 8.69. The van der Waals surface area contributed by atoms with Crippen molar-refractivity contribution in [2.24, 2.45) is 0 Å². The fraction of sp³-hybridized carbons (Fsp3) is 0.889. The van der Waals surface area contributed by atoms with Crippen molar-refractivity contribution in [3.05, 3.63) is 0 Å². The second-order valence-corrected chi connectivity index (χ2v) is 3.99. The van der Waals surface area contributed by atoms with Crippen LogP contribution in [0.15, 0.2) is 0 Å². The molecule has 0 aliphatic carbocycles. The summed E-state index contributed by atoms with van der Waals surface area (Å²) in [6.07, 6.45) is 0.929. The second-order valence-electron chi connectivity index (χ2n) is 3.99. The SMILES string of the molecule is CCC(C)(C)NC(=O)NC(C)C. The molecule has 0 saturated carbocycles. The minimum absolute atomic E-state index is 0.0862. The van der Waals surface area contributed by atoms with Gasteiger partial charge in [-0.25, -0.2) is 4.79 Å². The highest BCUT2D eigenvalue weighted by molar-refractivity contribution is 5.74. The van der Waals surface area contributed by atoms with Gasteiger partial charge >= 0.3 is 6.03 Å². The van der Waals surface area contributed by atoms with Crippen LogP contribution in [-0.2, 0) is 0 Å². The van der Waals surface area contributed by atoms with E-state index in [4.69, 9.17) is 0 Å². The summed E-state index contributed by atoms with van der Waals surface area (Å²) in [5.41, 5.74) is -0.112. The van der Waals surface area contributed by atoms with Gasteiger partial charge in [-0.1, -0.05) is 6.92 Å². The maximum Gasteiger partial charge on any atom is 0.315 e. The number of urea groups is 1. The van der Waals surface area contributed by atoms with E-state index in [-0.39, 0.29) is 17.6 Å². The van der Waals surface area contributed by atoms with Crippen molar-refractivity contribution in [2.75, 3.05) is 0 Å². The fourth-order valence-corrected chi connectivity index (χ4v) is 0.694. The van der Waals surface area contributed by atoms with Gasteiger partial charge < -0.3 is 10.6 Å². The maximum absolute atomic E-state index is 11.2. The van der Waals surface area contributed by atoms with E-state index in [1.165, 1.54) is 0 Å². The van der Waals surface area contributed by atoms with Crippen LogP contribution < -0.4 is 10.6 Å². The van der Waals surface area contributed by atoms with E-state index in [0.717, 1.165) is 6.42 Å². The first-order valence-electron chi connectivity index (χ1n) is 4.46. The Bertz CT molecular complexity index is 153. The first-order chi connectivity index (χ1) is 5.37. The van der Waals surface area contributed by atoms with Crippen LogP contribution in [0.1, 0.15) is 41.0 Å². The third-order valence-electron chi connectivity index (χ3n) is 1.76. The number of rotatable bonds is 3. The average molecular weight is 172 g/mol. The van der Waals surface area contributed by atoms with Gasteiger partial charge in [0.2, 0.25) is 0 Å². The molecule has 0 spiro atoms. The number of nitrogens with one attached hydrogen (secondary N) is 2. The molecule has 2 amide bonds. The van der Waals surface area contributed by atoms with Crippen LogP contribution in [0.4, 0.5) is 4.79 Å². The molecule has 0 aliphatic heterocycles. The van der Waals surface area contributed by atoms with E-state index in [2.05, 4.69) is 17.6 Å². The minimum atomic E-state index is -0.112. The number of amides is 2. The summed E-state index contributed by atoms with van der Waals surface area (Å²) in [5.74, 6) is 0. The van der Waals surface area contributed by atoms with Crippen LogP contribution in [0, 0.1) is 0 Å². The van der Waals surface area contributed by atoms with Gasteiger partial charge in [0.15, 0.2) is 0 Å². The molecule has 0 saturated heterocycles. The zero-order chi connectivity index (χ0) is 9.78. The number of hydrogen-bond donors (Lipinski definition) is 2. The van der Waals surface area contributed by atoms with Crippen molar-refractivity contribution in [3.8, 4) is 0 Å². The molecule has 0 rings (SSSR count). The van der Waals surface area contributed by atoms with Crippen molar-refractivity contribution in [3.63, 3.8) is 0 Å². The van der Waals surface area contributed by atoms with Crippen molar-refractivity contribution in [2.45, 2.75) is 52.6 Å². The van der Waals surface area contributed by atoms with E-state index in [1.54, 1.807) is 0 Å². The molecule has 12 heavy (non-hydrogen) atoms. The Hall–Kier alpha value is -0.730. The van der Waals surface area contributed by atoms with Crippen LogP contribution in [0.2, 0.25) is 0 Å². The highest BCUT2D eigenvalue weighted by Gasteiger charge is 2.17. The van der Waals surface area contributed by atoms with Gasteiger partial charge in [0.1, 0.15) is 0 Å². The predicted molar refractivity (Wildman–Crippen MR) is 51.2 cm³/mol. The van der Waals surface area contributed by atoms with Gasteiger partial charge in [0, 0.05) is 11.6 Å². The quantitative estimate of drug-likeness (QED) is 0.670. The molecule has 2 N–H and O–H groups in total. The third-order valence-corrected chi connectivity index (χ3v) is 1.76. The van der Waals surface area contributed by atoms with E-state index >= 15 is 0 Å². The Kier molecular flexibility index (Phi) is 4.07. The van der Waals surface area contributed by atoms with E-state index in [0.29, 0.717) is 0 Å². The summed E-state index contributed by atoms with van der Waals surface area (Å²) in [5, 5.41) is 5.67. The zero-order valence-corrected chi connectivity index (χ0v) is 8.69. The summed E-state index contributed by atoms with van der Waals surface area (Å²) >= 11 is 0. The molecule has 72 valence electrons. The summed E-state index contributed by atoms with van der Waals surface area (Å²) in [4.78, 5) is 11.2. The van der Waals surface area contributed by atoms with Crippen LogP contribution >= 0.6 is 0 Å². The van der Waals surface area contributed by atoms with Gasteiger partial charge in [-0.3, -0.25) is 0 Å². The summed E-state index contributed by atoms with van der Waals surface area (Å²) in [7, 11) is 0. The number of hydrogen-bond acceptors (Lipinski definition) is 1. The molecular formula is C9H20N2O. The normalized spacial score (nSPS) is 11.5. The molecule has 0 aromatic rings. The van der Waals surface area contributed by atoms with Crippen LogP contribution in [0.25, 0.3) is 0 Å². The molecular weight excluding hydrogens is 152 g/mol. The predicted octanol–water partition coefficient (Wildman–Crippen LogP) is 1.88. The largest absolute Gasteiger partial charge is 0.336 e. The van der Waals surface area contributed by atoms with Gasteiger partial charge in [-0.2, -0.15) is 0 Å². The molecule has 0 unspecified atom stereocenters. The molecule has 3 heteroatoms. The Morgan fingerprint density at radius 2 is 1.92 bits per heavy atom. The Labute approximate surface area is 74.9 Å². The molecule has 0 fully saturated rings. The van der Waals surface area contributed by atoms with E-state index in [1.807, 2.05) is 27.7 Å². The first-order valence-corrected chi connectivity index (χ1v) is 4.46. The summed E-state index contributed by atoms with van der Waals surface area (Å²) in [6, 6.07) is 0.106. The van der Waals surface area contributed by atoms with Crippen molar-refractivity contribution in [1.29, 1.82) is 0 Å². The summed E-state index contributed by atoms with van der Waals surface area (Å²) in [6.45, 7) is 9.95. The monoisotopic (exact) mass is 172 g/mol. The van der Waals surface area contributed by atoms with Crippen LogP contribution in [0.5, 0.6) is 0 Å². The number of carbonyl (C=O) groups excluding carboxylic acids is 1. The molecule has 0 aromatic heterocycles. The van der Waals surface area contributed by atoms with Crippen molar-refractivity contribution < 1.29 is 4.79 Å². The van der Waals surface area contributed by atoms with Crippen molar-refractivity contribution >= 4 is 6.03 Å². The fourth-order valence-electron chi connectivity index (χ4n) is 0.694. The van der Waals surface area contributed by atoms with Gasteiger partial charge in [-0.05, 0) is 34.1 Å². The van der Waals surface area contributed by atoms with Crippen LogP contribution in [-0.4, -0.2) is 17.6 Å². The Morgan fingerprint density at radius 1 is 1.42 bits per heavy atom. The van der Waals surface area contributed by atoms with Crippen molar-refractivity contribution in [1.82, 2.24) is 10.6 Å². The minimum Gasteiger partial charge on any atom is -0.336 e. The maximum atomic E-state index is 11.2. The standard InChI is InChI=1S/C9H20N2O/c1-6-9(4,5)11-8(12)10-7(2)3/h7H,6H2,1-5H3,(H2,10,11,12). The Balaban J connectivity index is 3.84. The molecule has 0 bridgehead atoms.